The quantitative estimate of drug-likeness (QED) is 0.861. The van der Waals surface area contributed by atoms with Crippen molar-refractivity contribution in [2.75, 3.05) is 19.7 Å². The number of halogens is 1. The fourth-order valence-electron chi connectivity index (χ4n) is 2.39. The highest BCUT2D eigenvalue weighted by Gasteiger charge is 2.26. The maximum Gasteiger partial charge on any atom is 0.260 e. The lowest BCUT2D eigenvalue weighted by Gasteiger charge is -2.35. The van der Waals surface area contributed by atoms with E-state index in [0.717, 1.165) is 5.56 Å². The number of aryl methyl sites for hydroxylation is 1. The van der Waals surface area contributed by atoms with Crippen LogP contribution in [0.5, 0.6) is 5.75 Å². The predicted octanol–water partition coefficient (Wildman–Crippen LogP) is 2.66. The van der Waals surface area contributed by atoms with Gasteiger partial charge in [-0.15, -0.1) is 0 Å². The molecule has 1 aliphatic heterocycles. The molecule has 0 aromatic heterocycles. The summed E-state index contributed by atoms with van der Waals surface area (Å²) in [6, 6.07) is 5.36. The van der Waals surface area contributed by atoms with Gasteiger partial charge in [0.15, 0.2) is 6.61 Å². The molecule has 0 saturated carbocycles. The van der Waals surface area contributed by atoms with Crippen LogP contribution in [0.15, 0.2) is 18.2 Å². The first-order valence-electron chi connectivity index (χ1n) is 6.78. The molecular formula is C15H20ClNO3. The Labute approximate surface area is 124 Å². The summed E-state index contributed by atoms with van der Waals surface area (Å²) in [6.45, 7) is 7.13. The molecule has 20 heavy (non-hydrogen) atoms. The molecule has 2 rings (SSSR count). The van der Waals surface area contributed by atoms with E-state index in [1.807, 2.05) is 26.8 Å². The number of ether oxygens (including phenoxy) is 2. The van der Waals surface area contributed by atoms with Gasteiger partial charge < -0.3 is 14.4 Å². The molecule has 0 bridgehead atoms. The number of morpholine rings is 1. The number of carbonyl (C=O) groups is 1. The van der Waals surface area contributed by atoms with E-state index in [1.165, 1.54) is 0 Å². The Kier molecular flexibility index (Phi) is 4.89. The summed E-state index contributed by atoms with van der Waals surface area (Å²) in [5.41, 5.74) is 0.925. The molecule has 0 aliphatic carbocycles. The minimum atomic E-state index is -0.0126. The maximum absolute atomic E-state index is 12.2. The van der Waals surface area contributed by atoms with Crippen molar-refractivity contribution >= 4 is 17.5 Å². The number of amides is 1. The van der Waals surface area contributed by atoms with Gasteiger partial charge in [0.25, 0.3) is 5.91 Å². The first kappa shape index (κ1) is 15.1. The second-order valence-electron chi connectivity index (χ2n) is 5.25. The number of hydrogen-bond donors (Lipinski definition) is 0. The zero-order chi connectivity index (χ0) is 14.7. The summed E-state index contributed by atoms with van der Waals surface area (Å²) >= 11 is 5.89. The Hall–Kier alpha value is -1.26. The summed E-state index contributed by atoms with van der Waals surface area (Å²) in [6.07, 6.45) is 0.139. The van der Waals surface area contributed by atoms with E-state index in [9.17, 15) is 4.79 Å². The van der Waals surface area contributed by atoms with Gasteiger partial charge in [-0.3, -0.25) is 4.79 Å². The van der Waals surface area contributed by atoms with Crippen molar-refractivity contribution in [2.24, 2.45) is 0 Å². The number of benzene rings is 1. The fourth-order valence-corrected chi connectivity index (χ4v) is 2.61. The summed E-state index contributed by atoms with van der Waals surface area (Å²) in [5, 5.41) is 0.664. The van der Waals surface area contributed by atoms with Gasteiger partial charge in [0.2, 0.25) is 0 Å². The molecule has 2 atom stereocenters. The highest BCUT2D eigenvalue weighted by molar-refractivity contribution is 6.30. The van der Waals surface area contributed by atoms with Crippen LogP contribution in [0, 0.1) is 6.92 Å². The Balaban J connectivity index is 1.91. The molecule has 4 nitrogen and oxygen atoms in total. The third kappa shape index (κ3) is 3.87. The SMILES string of the molecule is Cc1cc(Cl)ccc1OCC(=O)N1CC(C)OC(C)C1. The number of nitrogens with zero attached hydrogens (tertiary/aromatic N) is 1. The van der Waals surface area contributed by atoms with Gasteiger partial charge in [-0.1, -0.05) is 11.6 Å². The first-order valence-corrected chi connectivity index (χ1v) is 7.15. The molecule has 0 spiro atoms. The second kappa shape index (κ2) is 6.46. The van der Waals surface area contributed by atoms with E-state index in [0.29, 0.717) is 23.9 Å². The minimum absolute atomic E-state index is 0.0126. The minimum Gasteiger partial charge on any atom is -0.483 e. The van der Waals surface area contributed by atoms with Crippen molar-refractivity contribution in [2.45, 2.75) is 33.0 Å². The monoisotopic (exact) mass is 297 g/mol. The zero-order valence-electron chi connectivity index (χ0n) is 12.1. The van der Waals surface area contributed by atoms with Gasteiger partial charge in [-0.2, -0.15) is 0 Å². The summed E-state index contributed by atoms with van der Waals surface area (Å²) in [4.78, 5) is 14.0. The Morgan fingerprint density at radius 2 is 2.05 bits per heavy atom. The molecule has 5 heteroatoms. The molecule has 0 N–H and O–H groups in total. The van der Waals surface area contributed by atoms with Crippen LogP contribution in [0.4, 0.5) is 0 Å². The summed E-state index contributed by atoms with van der Waals surface area (Å²) in [5.74, 6) is 0.679. The van der Waals surface area contributed by atoms with Gasteiger partial charge >= 0.3 is 0 Å². The second-order valence-corrected chi connectivity index (χ2v) is 5.69. The molecule has 1 fully saturated rings. The van der Waals surface area contributed by atoms with Crippen molar-refractivity contribution in [3.8, 4) is 5.75 Å². The number of hydrogen-bond acceptors (Lipinski definition) is 3. The van der Waals surface area contributed by atoms with Crippen molar-refractivity contribution < 1.29 is 14.3 Å². The smallest absolute Gasteiger partial charge is 0.260 e. The first-order chi connectivity index (χ1) is 9.45. The van der Waals surface area contributed by atoms with Crippen LogP contribution in [0.1, 0.15) is 19.4 Å². The van der Waals surface area contributed by atoms with Crippen molar-refractivity contribution in [1.82, 2.24) is 4.90 Å². The lowest BCUT2D eigenvalue weighted by molar-refractivity contribution is -0.145. The average molecular weight is 298 g/mol. The van der Waals surface area contributed by atoms with E-state index < -0.39 is 0 Å². The molecule has 1 aliphatic rings. The molecule has 110 valence electrons. The van der Waals surface area contributed by atoms with E-state index >= 15 is 0 Å². The zero-order valence-corrected chi connectivity index (χ0v) is 12.8. The predicted molar refractivity (Wildman–Crippen MR) is 78.3 cm³/mol. The van der Waals surface area contributed by atoms with Crippen LogP contribution in [0.25, 0.3) is 0 Å². The Morgan fingerprint density at radius 1 is 1.40 bits per heavy atom. The van der Waals surface area contributed by atoms with Crippen molar-refractivity contribution in [3.63, 3.8) is 0 Å². The van der Waals surface area contributed by atoms with Crippen LogP contribution >= 0.6 is 11.6 Å². The Bertz CT molecular complexity index is 482. The third-order valence-corrected chi connectivity index (χ3v) is 3.50. The van der Waals surface area contributed by atoms with Crippen LogP contribution in [-0.2, 0) is 9.53 Å². The lowest BCUT2D eigenvalue weighted by atomic mass is 10.2. The topological polar surface area (TPSA) is 38.8 Å². The largest absolute Gasteiger partial charge is 0.483 e. The van der Waals surface area contributed by atoms with Gasteiger partial charge in [-0.05, 0) is 44.5 Å². The van der Waals surface area contributed by atoms with Crippen LogP contribution < -0.4 is 4.74 Å². The molecular weight excluding hydrogens is 278 g/mol. The Morgan fingerprint density at radius 3 is 2.65 bits per heavy atom. The summed E-state index contributed by atoms with van der Waals surface area (Å²) in [7, 11) is 0. The normalized spacial score (nSPS) is 22.7. The van der Waals surface area contributed by atoms with Crippen LogP contribution in [-0.4, -0.2) is 42.7 Å². The van der Waals surface area contributed by atoms with Gasteiger partial charge in [0, 0.05) is 18.1 Å². The van der Waals surface area contributed by atoms with Gasteiger partial charge in [0.05, 0.1) is 12.2 Å². The maximum atomic E-state index is 12.2. The van der Waals surface area contributed by atoms with Gasteiger partial charge in [-0.25, -0.2) is 0 Å². The molecule has 0 radical (unpaired) electrons. The van der Waals surface area contributed by atoms with E-state index in [-0.39, 0.29) is 24.7 Å². The average Bonchev–Trinajstić information content (AvgIpc) is 2.36. The van der Waals surface area contributed by atoms with E-state index in [4.69, 9.17) is 21.1 Å². The van der Waals surface area contributed by atoms with Crippen LogP contribution in [0.2, 0.25) is 5.02 Å². The molecule has 1 aromatic rings. The number of rotatable bonds is 3. The number of carbonyl (C=O) groups excluding carboxylic acids is 1. The standard InChI is InChI=1S/C15H20ClNO3/c1-10-6-13(16)4-5-14(10)19-9-15(18)17-7-11(2)20-12(3)8-17/h4-6,11-12H,7-9H2,1-3H3. The molecule has 1 amide bonds. The molecule has 1 saturated heterocycles. The van der Waals surface area contributed by atoms with Crippen molar-refractivity contribution in [3.05, 3.63) is 28.8 Å². The van der Waals surface area contributed by atoms with Gasteiger partial charge in [0.1, 0.15) is 5.75 Å². The summed E-state index contributed by atoms with van der Waals surface area (Å²) < 4.78 is 11.2. The highest BCUT2D eigenvalue weighted by atomic mass is 35.5. The van der Waals surface area contributed by atoms with Crippen LogP contribution in [0.3, 0.4) is 0 Å². The third-order valence-electron chi connectivity index (χ3n) is 3.26. The molecule has 2 unspecified atom stereocenters. The fraction of sp³-hybridized carbons (Fsp3) is 0.533. The van der Waals surface area contributed by atoms with E-state index in [2.05, 4.69) is 0 Å². The van der Waals surface area contributed by atoms with E-state index in [1.54, 1.807) is 17.0 Å². The van der Waals surface area contributed by atoms with Crippen molar-refractivity contribution in [1.29, 1.82) is 0 Å². The molecule has 1 aromatic carbocycles. The lowest BCUT2D eigenvalue weighted by Crippen LogP contribution is -2.49. The highest BCUT2D eigenvalue weighted by Crippen LogP contribution is 2.22. The molecule has 1 heterocycles.